The molecular formula is C23H33NO8. The summed E-state index contributed by atoms with van der Waals surface area (Å²) in [5.41, 5.74) is 0.723. The molecule has 1 heterocycles. The zero-order chi connectivity index (χ0) is 23.7. The van der Waals surface area contributed by atoms with Crippen LogP contribution in [0.2, 0.25) is 0 Å². The van der Waals surface area contributed by atoms with Crippen LogP contribution in [0.15, 0.2) is 18.2 Å². The van der Waals surface area contributed by atoms with E-state index in [0.29, 0.717) is 24.1 Å². The molecule has 0 radical (unpaired) electrons. The number of hydrogen-bond donors (Lipinski definition) is 3. The predicted molar refractivity (Wildman–Crippen MR) is 117 cm³/mol. The first kappa shape index (κ1) is 25.9. The number of amides is 1. The van der Waals surface area contributed by atoms with E-state index >= 15 is 0 Å². The highest BCUT2D eigenvalue weighted by Crippen LogP contribution is 2.29. The standard InChI is InChI=1S/C23H33NO8/c1-4-16(25)7-9-30-10-8-21(28)24-15-5-6-18(22(29)14(2)3)20(11-15)32-23-19(27)12-17(26)13-31-23/h5-6,11,14,17,19,23,26-27H,4,7-10,12-13H2,1-3H3,(H,24,28). The van der Waals surface area contributed by atoms with Gasteiger partial charge in [-0.05, 0) is 12.1 Å². The molecule has 32 heavy (non-hydrogen) atoms. The minimum Gasteiger partial charge on any atom is -0.461 e. The van der Waals surface area contributed by atoms with Crippen molar-refractivity contribution in [2.45, 2.75) is 65.0 Å². The maximum atomic E-state index is 12.6. The molecule has 1 fully saturated rings. The summed E-state index contributed by atoms with van der Waals surface area (Å²) in [7, 11) is 0. The SMILES string of the molecule is CCC(=O)CCOCCC(=O)Nc1ccc(C(=O)C(C)C)c(OC2OCC(O)CC2O)c1. The fraction of sp³-hybridized carbons (Fsp3) is 0.609. The number of ketones is 2. The summed E-state index contributed by atoms with van der Waals surface area (Å²) in [6, 6.07) is 4.67. The van der Waals surface area contributed by atoms with Gasteiger partial charge in [0.25, 0.3) is 0 Å². The number of nitrogens with one attached hydrogen (secondary N) is 1. The Morgan fingerprint density at radius 1 is 1.19 bits per heavy atom. The third-order valence-corrected chi connectivity index (χ3v) is 4.97. The first-order valence-corrected chi connectivity index (χ1v) is 10.9. The molecule has 0 bridgehead atoms. The molecule has 3 N–H and O–H groups in total. The third-order valence-electron chi connectivity index (χ3n) is 4.97. The summed E-state index contributed by atoms with van der Waals surface area (Å²) in [4.78, 5) is 36.1. The summed E-state index contributed by atoms with van der Waals surface area (Å²) in [6.07, 6.45) is -1.89. The molecule has 1 aliphatic heterocycles. The van der Waals surface area contributed by atoms with Crippen molar-refractivity contribution in [3.63, 3.8) is 0 Å². The lowest BCUT2D eigenvalue weighted by Gasteiger charge is -2.31. The van der Waals surface area contributed by atoms with Crippen LogP contribution in [-0.2, 0) is 19.1 Å². The molecule has 3 atom stereocenters. The van der Waals surface area contributed by atoms with Gasteiger partial charge in [-0.15, -0.1) is 0 Å². The number of anilines is 1. The van der Waals surface area contributed by atoms with Crippen LogP contribution in [0.3, 0.4) is 0 Å². The van der Waals surface area contributed by atoms with E-state index in [-0.39, 0.29) is 61.8 Å². The average Bonchev–Trinajstić information content (AvgIpc) is 2.75. The van der Waals surface area contributed by atoms with Gasteiger partial charge in [-0.2, -0.15) is 0 Å². The number of benzene rings is 1. The molecule has 9 nitrogen and oxygen atoms in total. The Morgan fingerprint density at radius 3 is 2.56 bits per heavy atom. The second-order valence-electron chi connectivity index (χ2n) is 8.06. The molecule has 0 aliphatic carbocycles. The number of ether oxygens (including phenoxy) is 3. The van der Waals surface area contributed by atoms with E-state index in [1.54, 1.807) is 32.9 Å². The average molecular weight is 452 g/mol. The molecule has 1 saturated heterocycles. The summed E-state index contributed by atoms with van der Waals surface area (Å²) in [6.45, 7) is 5.78. The zero-order valence-corrected chi connectivity index (χ0v) is 18.8. The predicted octanol–water partition coefficient (Wildman–Crippen LogP) is 2.09. The number of Topliss-reactive ketones (excluding diaryl/α,β-unsaturated/α-hetero) is 2. The number of rotatable bonds is 12. The van der Waals surface area contributed by atoms with Crippen LogP contribution in [0.4, 0.5) is 5.69 Å². The van der Waals surface area contributed by atoms with Crippen molar-refractivity contribution in [2.24, 2.45) is 5.92 Å². The number of carbonyl (C=O) groups excluding carboxylic acids is 3. The number of aliphatic hydroxyl groups is 2. The van der Waals surface area contributed by atoms with Crippen molar-refractivity contribution in [1.82, 2.24) is 0 Å². The van der Waals surface area contributed by atoms with Gasteiger partial charge in [0.05, 0.1) is 37.9 Å². The largest absolute Gasteiger partial charge is 0.461 e. The van der Waals surface area contributed by atoms with Gasteiger partial charge < -0.3 is 29.7 Å². The molecule has 1 amide bonds. The Balaban J connectivity index is 2.02. The topological polar surface area (TPSA) is 131 Å². The Labute approximate surface area is 188 Å². The van der Waals surface area contributed by atoms with Crippen LogP contribution in [0.1, 0.15) is 56.8 Å². The first-order valence-electron chi connectivity index (χ1n) is 10.9. The number of aliphatic hydroxyl groups excluding tert-OH is 2. The fourth-order valence-electron chi connectivity index (χ4n) is 3.08. The lowest BCUT2D eigenvalue weighted by Crippen LogP contribution is -2.44. The second kappa shape index (κ2) is 12.6. The molecule has 2 rings (SSSR count). The van der Waals surface area contributed by atoms with Crippen molar-refractivity contribution < 1.29 is 38.8 Å². The molecule has 178 valence electrons. The maximum absolute atomic E-state index is 12.6. The molecule has 0 aromatic heterocycles. The lowest BCUT2D eigenvalue weighted by atomic mass is 9.99. The highest BCUT2D eigenvalue weighted by Gasteiger charge is 2.31. The molecule has 0 spiro atoms. The number of carbonyl (C=O) groups is 3. The van der Waals surface area contributed by atoms with Crippen molar-refractivity contribution in [3.8, 4) is 5.75 Å². The van der Waals surface area contributed by atoms with Crippen LogP contribution >= 0.6 is 0 Å². The summed E-state index contributed by atoms with van der Waals surface area (Å²) >= 11 is 0. The van der Waals surface area contributed by atoms with Gasteiger partial charge in [-0.25, -0.2) is 0 Å². The van der Waals surface area contributed by atoms with Gasteiger partial charge in [-0.3, -0.25) is 14.4 Å². The van der Waals surface area contributed by atoms with Gasteiger partial charge in [0.2, 0.25) is 12.2 Å². The van der Waals surface area contributed by atoms with E-state index < -0.39 is 18.5 Å². The minimum atomic E-state index is -1.06. The van der Waals surface area contributed by atoms with E-state index in [1.807, 2.05) is 0 Å². The van der Waals surface area contributed by atoms with Crippen LogP contribution in [0, 0.1) is 5.92 Å². The van der Waals surface area contributed by atoms with E-state index in [2.05, 4.69) is 5.32 Å². The highest BCUT2D eigenvalue weighted by molar-refractivity contribution is 6.01. The minimum absolute atomic E-state index is 0.00939. The van der Waals surface area contributed by atoms with Crippen molar-refractivity contribution >= 4 is 23.2 Å². The van der Waals surface area contributed by atoms with E-state index in [9.17, 15) is 24.6 Å². The van der Waals surface area contributed by atoms with Gasteiger partial charge in [0.15, 0.2) is 5.78 Å². The van der Waals surface area contributed by atoms with Crippen LogP contribution in [0.25, 0.3) is 0 Å². The summed E-state index contributed by atoms with van der Waals surface area (Å²) < 4.78 is 16.5. The quantitative estimate of drug-likeness (QED) is 0.325. The molecule has 0 saturated carbocycles. The summed E-state index contributed by atoms with van der Waals surface area (Å²) in [5, 5.41) is 22.5. The first-order chi connectivity index (χ1) is 15.2. The molecule has 3 unspecified atom stereocenters. The van der Waals surface area contributed by atoms with E-state index in [0.717, 1.165) is 0 Å². The third kappa shape index (κ3) is 7.98. The van der Waals surface area contributed by atoms with Gasteiger partial charge in [0, 0.05) is 36.9 Å². The fourth-order valence-corrected chi connectivity index (χ4v) is 3.08. The van der Waals surface area contributed by atoms with Crippen LogP contribution in [0.5, 0.6) is 5.75 Å². The Morgan fingerprint density at radius 2 is 1.91 bits per heavy atom. The van der Waals surface area contributed by atoms with E-state index in [1.165, 1.54) is 6.07 Å². The molecular weight excluding hydrogens is 418 g/mol. The lowest BCUT2D eigenvalue weighted by molar-refractivity contribution is -0.198. The molecule has 9 heteroatoms. The smallest absolute Gasteiger partial charge is 0.226 e. The van der Waals surface area contributed by atoms with Crippen molar-refractivity contribution in [1.29, 1.82) is 0 Å². The van der Waals surface area contributed by atoms with Crippen LogP contribution < -0.4 is 10.1 Å². The molecule has 1 aromatic carbocycles. The monoisotopic (exact) mass is 451 g/mol. The second-order valence-corrected chi connectivity index (χ2v) is 8.06. The highest BCUT2D eigenvalue weighted by atomic mass is 16.7. The van der Waals surface area contributed by atoms with E-state index in [4.69, 9.17) is 14.2 Å². The normalized spacial score (nSPS) is 20.8. The molecule has 1 aromatic rings. The Bertz CT molecular complexity index is 794. The van der Waals surface area contributed by atoms with Gasteiger partial charge in [-0.1, -0.05) is 20.8 Å². The van der Waals surface area contributed by atoms with Gasteiger partial charge in [0.1, 0.15) is 17.6 Å². The molecule has 1 aliphatic rings. The zero-order valence-electron chi connectivity index (χ0n) is 18.8. The van der Waals surface area contributed by atoms with Crippen LogP contribution in [-0.4, -0.2) is 66.0 Å². The number of hydrogen-bond acceptors (Lipinski definition) is 8. The van der Waals surface area contributed by atoms with Gasteiger partial charge >= 0.3 is 0 Å². The summed E-state index contributed by atoms with van der Waals surface area (Å²) in [5.74, 6) is -0.444. The Hall–Kier alpha value is -2.33. The Kier molecular flexibility index (Phi) is 10.2. The van der Waals surface area contributed by atoms with Crippen molar-refractivity contribution in [3.05, 3.63) is 23.8 Å². The maximum Gasteiger partial charge on any atom is 0.226 e. The van der Waals surface area contributed by atoms with Crippen molar-refractivity contribution in [2.75, 3.05) is 25.1 Å².